The van der Waals surface area contributed by atoms with E-state index >= 15 is 0 Å². The molecule has 0 aliphatic carbocycles. The van der Waals surface area contributed by atoms with Gasteiger partial charge in [0.1, 0.15) is 6.10 Å². The Morgan fingerprint density at radius 3 is 2.46 bits per heavy atom. The molecule has 0 fully saturated rings. The third-order valence-corrected chi connectivity index (χ3v) is 4.15. The number of carboxylic acids is 1. The summed E-state index contributed by atoms with van der Waals surface area (Å²) < 4.78 is 25.2. The lowest BCUT2D eigenvalue weighted by molar-refractivity contribution is -0.131. The average molecular weight is 454 g/mol. The molecule has 0 heterocycles. The zero-order valence-corrected chi connectivity index (χ0v) is 16.2. The van der Waals surface area contributed by atoms with Gasteiger partial charge in [-0.2, -0.15) is 0 Å². The first-order valence-electron chi connectivity index (χ1n) is 7.95. The number of aromatic hydroxyl groups is 1. The Morgan fingerprint density at radius 1 is 1.21 bits per heavy atom. The summed E-state index contributed by atoms with van der Waals surface area (Å²) in [6, 6.07) is 10.1. The number of hydrogen-bond acceptors (Lipinski definition) is 5. The minimum Gasteiger partial charge on any atom is -0.505 e. The molecule has 148 valence electrons. The lowest BCUT2D eigenvalue weighted by atomic mass is 10.0. The molecule has 0 spiro atoms. The lowest BCUT2D eigenvalue weighted by Crippen LogP contribution is -2.27. The Kier molecular flexibility index (Phi) is 7.53. The predicted octanol–water partition coefficient (Wildman–Crippen LogP) is 4.24. The molecule has 0 radical (unpaired) electrons. The van der Waals surface area contributed by atoms with Gasteiger partial charge in [-0.1, -0.05) is 22.0 Å². The van der Waals surface area contributed by atoms with Crippen LogP contribution in [0, 0.1) is 5.82 Å². The van der Waals surface area contributed by atoms with E-state index in [1.54, 1.807) is 24.3 Å². The third-order valence-electron chi connectivity index (χ3n) is 3.62. The monoisotopic (exact) mass is 453 g/mol. The smallest absolute Gasteiger partial charge is 0.412 e. The van der Waals surface area contributed by atoms with Crippen molar-refractivity contribution in [1.82, 2.24) is 0 Å². The number of anilines is 1. The number of carbonyl (C=O) groups excluding carboxylic acids is 1. The summed E-state index contributed by atoms with van der Waals surface area (Å²) in [4.78, 5) is 23.1. The molecule has 0 unspecified atom stereocenters. The molecule has 0 saturated carbocycles. The van der Waals surface area contributed by atoms with E-state index in [0.29, 0.717) is 5.69 Å². The average Bonchev–Trinajstić information content (AvgIpc) is 2.65. The fraction of sp³-hybridized carbons (Fsp3) is 0.158. The molecule has 28 heavy (non-hydrogen) atoms. The number of carboxylic acid groups (broad SMARTS) is 1. The highest BCUT2D eigenvalue weighted by Crippen LogP contribution is 2.28. The summed E-state index contributed by atoms with van der Waals surface area (Å²) in [6.45, 7) is 0. The summed E-state index contributed by atoms with van der Waals surface area (Å²) in [6.07, 6.45) is -1.05. The fourth-order valence-corrected chi connectivity index (χ4v) is 2.57. The van der Waals surface area contributed by atoms with Crippen LogP contribution >= 0.6 is 15.9 Å². The first-order chi connectivity index (χ1) is 13.3. The van der Waals surface area contributed by atoms with E-state index < -0.39 is 35.8 Å². The number of rotatable bonds is 7. The second-order valence-corrected chi connectivity index (χ2v) is 6.48. The van der Waals surface area contributed by atoms with Crippen molar-refractivity contribution >= 4 is 33.7 Å². The molecule has 2 atom stereocenters. The number of carbonyl (C=O) groups is 2. The summed E-state index contributed by atoms with van der Waals surface area (Å²) in [7, 11) is 1.29. The van der Waals surface area contributed by atoms with Crippen molar-refractivity contribution < 1.29 is 33.7 Å². The molecule has 0 aromatic heterocycles. The summed E-state index contributed by atoms with van der Waals surface area (Å²) in [5.41, 5.74) is 0.627. The van der Waals surface area contributed by atoms with Crippen LogP contribution in [0.5, 0.6) is 5.75 Å². The van der Waals surface area contributed by atoms with E-state index in [9.17, 15) is 19.1 Å². The maximum absolute atomic E-state index is 13.8. The van der Waals surface area contributed by atoms with Gasteiger partial charge in [-0.05, 0) is 48.0 Å². The predicted molar refractivity (Wildman–Crippen MR) is 103 cm³/mol. The summed E-state index contributed by atoms with van der Waals surface area (Å²) in [5, 5.41) is 20.7. The number of amides is 1. The molecule has 0 aliphatic heterocycles. The van der Waals surface area contributed by atoms with Crippen molar-refractivity contribution in [2.24, 2.45) is 0 Å². The number of benzene rings is 2. The molecule has 1 amide bonds. The maximum Gasteiger partial charge on any atom is 0.412 e. The van der Waals surface area contributed by atoms with Crippen molar-refractivity contribution in [2.45, 2.75) is 12.2 Å². The number of phenols is 1. The fourth-order valence-electron chi connectivity index (χ4n) is 2.30. The molecule has 9 heteroatoms. The molecule has 3 N–H and O–H groups in total. The van der Waals surface area contributed by atoms with Crippen molar-refractivity contribution in [1.29, 1.82) is 0 Å². The van der Waals surface area contributed by atoms with Crippen molar-refractivity contribution in [2.75, 3.05) is 12.4 Å². The second-order valence-electron chi connectivity index (χ2n) is 5.57. The van der Waals surface area contributed by atoms with Gasteiger partial charge in [0.15, 0.2) is 17.7 Å². The number of aliphatic carboxylic acids is 1. The first-order valence-corrected chi connectivity index (χ1v) is 8.75. The third kappa shape index (κ3) is 6.07. The highest BCUT2D eigenvalue weighted by atomic mass is 79.9. The first kappa shape index (κ1) is 21.4. The van der Waals surface area contributed by atoms with Crippen LogP contribution < -0.4 is 5.32 Å². The summed E-state index contributed by atoms with van der Waals surface area (Å²) in [5.74, 6) is -2.72. The Bertz CT molecular complexity index is 871. The Morgan fingerprint density at radius 2 is 1.89 bits per heavy atom. The zero-order valence-electron chi connectivity index (χ0n) is 14.6. The molecule has 0 aliphatic rings. The topological polar surface area (TPSA) is 105 Å². The van der Waals surface area contributed by atoms with Gasteiger partial charge in [0.25, 0.3) is 0 Å². The quantitative estimate of drug-likeness (QED) is 0.541. The Hall–Kier alpha value is -2.91. The van der Waals surface area contributed by atoms with Gasteiger partial charge in [0.2, 0.25) is 0 Å². The van der Waals surface area contributed by atoms with Crippen LogP contribution in [-0.2, 0) is 14.3 Å². The second kappa shape index (κ2) is 9.86. The minimum absolute atomic E-state index is 0.170. The van der Waals surface area contributed by atoms with Gasteiger partial charge in [0.05, 0.1) is 0 Å². The van der Waals surface area contributed by atoms with Crippen LogP contribution in [0.25, 0.3) is 0 Å². The lowest BCUT2D eigenvalue weighted by Gasteiger charge is -2.24. The molecular formula is C19H17BrFNO6. The Labute approximate surface area is 168 Å². The van der Waals surface area contributed by atoms with Gasteiger partial charge >= 0.3 is 12.1 Å². The van der Waals surface area contributed by atoms with Gasteiger partial charge < -0.3 is 19.7 Å². The van der Waals surface area contributed by atoms with Crippen LogP contribution in [0.4, 0.5) is 14.9 Å². The van der Waals surface area contributed by atoms with Crippen LogP contribution in [0.1, 0.15) is 11.7 Å². The van der Waals surface area contributed by atoms with Crippen LogP contribution in [0.2, 0.25) is 0 Å². The molecule has 2 aromatic carbocycles. The number of halogens is 2. The van der Waals surface area contributed by atoms with Gasteiger partial charge in [0, 0.05) is 23.3 Å². The SMILES string of the molecule is CO[C@@H](/C=C/C(=O)O)[C@@H](OC(=O)Nc1ccc(Br)cc1)c1ccc(O)c(F)c1. The molecule has 0 saturated heterocycles. The number of nitrogens with one attached hydrogen (secondary N) is 1. The van der Waals surface area contributed by atoms with E-state index in [1.165, 1.54) is 19.3 Å². The van der Waals surface area contributed by atoms with Crippen LogP contribution in [0.15, 0.2) is 59.1 Å². The van der Waals surface area contributed by atoms with Crippen molar-refractivity contribution in [3.63, 3.8) is 0 Å². The molecule has 7 nitrogen and oxygen atoms in total. The number of hydrogen-bond donors (Lipinski definition) is 3. The molecule has 0 bridgehead atoms. The van der Waals surface area contributed by atoms with Crippen molar-refractivity contribution in [3.05, 3.63) is 70.5 Å². The standard InChI is InChI=1S/C19H17BrFNO6/c1-27-16(8-9-17(24)25)18(11-2-7-15(23)14(21)10-11)28-19(26)22-13-5-3-12(20)4-6-13/h2-10,16,18,23H,1H3,(H,22,26)(H,24,25)/b9-8+/t16-,18-/m0/s1. The summed E-state index contributed by atoms with van der Waals surface area (Å²) >= 11 is 3.28. The normalized spacial score (nSPS) is 13.1. The maximum atomic E-state index is 13.8. The molecular weight excluding hydrogens is 437 g/mol. The van der Waals surface area contributed by atoms with Gasteiger partial charge in [-0.3, -0.25) is 5.32 Å². The minimum atomic E-state index is -1.22. The van der Waals surface area contributed by atoms with Gasteiger partial charge in [-0.25, -0.2) is 14.0 Å². The number of phenolic OH excluding ortho intramolecular Hbond substituents is 1. The van der Waals surface area contributed by atoms with Crippen molar-refractivity contribution in [3.8, 4) is 5.75 Å². The number of ether oxygens (including phenoxy) is 2. The Balaban J connectivity index is 2.28. The van der Waals surface area contributed by atoms with E-state index in [0.717, 1.165) is 22.7 Å². The largest absolute Gasteiger partial charge is 0.505 e. The van der Waals surface area contributed by atoms with E-state index in [1.807, 2.05) is 0 Å². The molecule has 2 rings (SSSR count). The molecule has 2 aromatic rings. The van der Waals surface area contributed by atoms with E-state index in [-0.39, 0.29) is 5.56 Å². The van der Waals surface area contributed by atoms with Crippen LogP contribution in [0.3, 0.4) is 0 Å². The highest BCUT2D eigenvalue weighted by molar-refractivity contribution is 9.10. The number of methoxy groups -OCH3 is 1. The van der Waals surface area contributed by atoms with E-state index in [4.69, 9.17) is 14.6 Å². The van der Waals surface area contributed by atoms with E-state index in [2.05, 4.69) is 21.2 Å². The zero-order chi connectivity index (χ0) is 20.7. The van der Waals surface area contributed by atoms with Gasteiger partial charge in [-0.15, -0.1) is 0 Å². The van der Waals surface area contributed by atoms with Crippen LogP contribution in [-0.4, -0.2) is 35.5 Å². The highest BCUT2D eigenvalue weighted by Gasteiger charge is 2.27.